The van der Waals surface area contributed by atoms with Crippen LogP contribution in [-0.2, 0) is 18.9 Å². The van der Waals surface area contributed by atoms with Gasteiger partial charge in [-0.15, -0.1) is 0 Å². The van der Waals surface area contributed by atoms with E-state index in [1.54, 1.807) is 0 Å². The van der Waals surface area contributed by atoms with Gasteiger partial charge in [-0.25, -0.2) is 4.79 Å². The van der Waals surface area contributed by atoms with Gasteiger partial charge >= 0.3 is 5.97 Å². The highest BCUT2D eigenvalue weighted by Gasteiger charge is 2.98. The molecule has 2 saturated heterocycles. The van der Waals surface area contributed by atoms with E-state index in [4.69, 9.17) is 18.9 Å². The van der Waals surface area contributed by atoms with Crippen molar-refractivity contribution in [2.45, 2.75) is 113 Å². The Bertz CT molecular complexity index is 4380. The zero-order chi connectivity index (χ0) is 69.0. The van der Waals surface area contributed by atoms with Crippen molar-refractivity contribution in [3.63, 3.8) is 0 Å². The van der Waals surface area contributed by atoms with Gasteiger partial charge < -0.3 is 54.7 Å². The summed E-state index contributed by atoms with van der Waals surface area (Å²) >= 11 is 0. The number of benzene rings is 8. The smallest absolute Gasteiger partial charge is 0.339 e. The molecule has 19 heteroatoms. The first-order valence-electron chi connectivity index (χ1n) is 30.5. The minimum atomic E-state index is -5.28. The summed E-state index contributed by atoms with van der Waals surface area (Å²) in [5, 5.41) is 95.3. The fraction of sp³-hybridized carbons (Fsp3) is 0.263. The van der Waals surface area contributed by atoms with Gasteiger partial charge in [-0.2, -0.15) is 0 Å². The van der Waals surface area contributed by atoms with E-state index in [2.05, 4.69) is 0 Å². The Morgan fingerprint density at radius 2 is 0.726 bits per heavy atom. The first-order chi connectivity index (χ1) is 45.1. The fourth-order valence-corrected chi connectivity index (χ4v) is 13.4. The standard InChI is InChI=1S/C76H70O19/c1-43-25-9-17-33-51(43)61(80)71(89,62(81)52-34-18-10-26-44(52)2)74(65(84)55-37-21-13-29-47(55)5)75(66(85)56-38-22-14-30-48(56)6,93-69(88)58-40-24-16-32-50(58)8)72(90,63(82)53-35-19-11-27-45(53)3)73(91,64(83)54-36-20-12-28-46(54)4)76(95-74,67(86)57-39-23-15-31-49(57)7)94-70(42-78)68(87)60(79)59(41-77)92-70/h9-40,59-60,68,77-79,87,89-91H,41-42H2,1-8H3/t59-,60-,68+,70?,72-,73-,74-,75+,76-/m1/s1. The molecule has 2 fully saturated rings. The van der Waals surface area contributed by atoms with Gasteiger partial charge in [0.05, 0.1) is 12.2 Å². The molecule has 0 spiro atoms. The van der Waals surface area contributed by atoms with Crippen LogP contribution in [0, 0.1) is 55.4 Å². The largest absolute Gasteiger partial charge is 0.439 e. The average molecular weight is 1290 g/mol. The molecule has 0 radical (unpaired) electrons. The van der Waals surface area contributed by atoms with Gasteiger partial charge in [-0.3, -0.25) is 33.6 Å². The first kappa shape index (κ1) is 68.4. The molecule has 10 rings (SSSR count). The van der Waals surface area contributed by atoms with Gasteiger partial charge in [-0.05, 0) is 106 Å². The van der Waals surface area contributed by atoms with Gasteiger partial charge in [0.2, 0.25) is 68.7 Å². The Balaban J connectivity index is 1.66. The lowest BCUT2D eigenvalue weighted by Gasteiger charge is -2.68. The maximum atomic E-state index is 18.5. The Labute approximate surface area is 546 Å². The third-order valence-corrected chi connectivity index (χ3v) is 18.6. The van der Waals surface area contributed by atoms with Crippen molar-refractivity contribution in [3.05, 3.63) is 283 Å². The predicted molar refractivity (Wildman–Crippen MR) is 344 cm³/mol. The molecule has 2 aliphatic heterocycles. The summed E-state index contributed by atoms with van der Waals surface area (Å²) in [6.45, 7) is 7.43. The number of Topliss-reactive ketones (excluding diaryl/α,β-unsaturated/α-hetero) is 7. The number of esters is 1. The van der Waals surface area contributed by atoms with Gasteiger partial charge in [0.15, 0.2) is 0 Å². The van der Waals surface area contributed by atoms with E-state index in [9.17, 15) is 20.4 Å². The van der Waals surface area contributed by atoms with Crippen LogP contribution in [0.3, 0.4) is 0 Å². The van der Waals surface area contributed by atoms with Crippen LogP contribution in [0.25, 0.3) is 0 Å². The molecule has 8 aromatic carbocycles. The number of rotatable bonds is 21. The Morgan fingerprint density at radius 3 is 1.06 bits per heavy atom. The van der Waals surface area contributed by atoms with Gasteiger partial charge in [0, 0.05) is 38.9 Å². The molecule has 1 unspecified atom stereocenters. The Hall–Kier alpha value is -9.48. The maximum Gasteiger partial charge on any atom is 0.339 e. The minimum absolute atomic E-state index is 0.00698. The van der Waals surface area contributed by atoms with E-state index in [1.807, 2.05) is 0 Å². The minimum Gasteiger partial charge on any atom is -0.439 e. The normalized spacial score (nSPS) is 24.9. The number of carbonyl (C=O) groups excluding carboxylic acids is 8. The molecule has 0 amide bonds. The van der Waals surface area contributed by atoms with Crippen molar-refractivity contribution < 1.29 is 93.0 Å². The lowest BCUT2D eigenvalue weighted by Crippen LogP contribution is -2.99. The van der Waals surface area contributed by atoms with E-state index < -0.39 is 162 Å². The molecule has 488 valence electrons. The highest BCUT2D eigenvalue weighted by molar-refractivity contribution is 6.33. The highest BCUT2D eigenvalue weighted by atomic mass is 16.8. The van der Waals surface area contributed by atoms with Crippen LogP contribution < -0.4 is 0 Å². The van der Waals surface area contributed by atoms with Crippen molar-refractivity contribution in [1.29, 1.82) is 0 Å². The molecule has 7 N–H and O–H groups in total. The van der Waals surface area contributed by atoms with Crippen LogP contribution in [-0.4, -0.2) is 153 Å². The number of hydrogen-bond donors (Lipinski definition) is 7. The predicted octanol–water partition coefficient (Wildman–Crippen LogP) is 7.71. The summed E-state index contributed by atoms with van der Waals surface area (Å²) in [6, 6.07) is 40.4. The topological polar surface area (TPSA) is 315 Å². The van der Waals surface area contributed by atoms with Crippen molar-refractivity contribution in [2.24, 2.45) is 0 Å². The van der Waals surface area contributed by atoms with Crippen molar-refractivity contribution in [2.75, 3.05) is 13.2 Å². The average Bonchev–Trinajstić information content (AvgIpc) is 0.679. The van der Waals surface area contributed by atoms with Gasteiger partial charge in [-0.1, -0.05) is 188 Å². The molecule has 2 aliphatic rings. The first-order valence-corrected chi connectivity index (χ1v) is 30.5. The number of aryl methyl sites for hydroxylation is 8. The second kappa shape index (κ2) is 25.7. The molecule has 0 bridgehead atoms. The second-order valence-corrected chi connectivity index (χ2v) is 24.3. The fourth-order valence-electron chi connectivity index (χ4n) is 13.4. The van der Waals surface area contributed by atoms with E-state index in [1.165, 1.54) is 201 Å². The summed E-state index contributed by atoms with van der Waals surface area (Å²) in [4.78, 5) is 142. The van der Waals surface area contributed by atoms with Crippen LogP contribution in [0.15, 0.2) is 194 Å². The molecule has 8 aromatic rings. The molecule has 0 saturated carbocycles. The quantitative estimate of drug-likeness (QED) is 0.0206. The molecular weight excluding hydrogens is 1220 g/mol. The van der Waals surface area contributed by atoms with Crippen LogP contribution in [0.1, 0.15) is 127 Å². The summed E-state index contributed by atoms with van der Waals surface area (Å²) in [5.41, 5.74) is -32.6. The van der Waals surface area contributed by atoms with E-state index in [-0.39, 0.29) is 44.5 Å². The van der Waals surface area contributed by atoms with Crippen LogP contribution >= 0.6 is 0 Å². The number of ketones is 7. The maximum absolute atomic E-state index is 18.5. The molecule has 0 aromatic heterocycles. The molecule has 0 aliphatic carbocycles. The number of ether oxygens (including phenoxy) is 4. The number of aliphatic hydroxyl groups excluding tert-OH is 4. The summed E-state index contributed by atoms with van der Waals surface area (Å²) in [6.07, 6.45) is -7.34. The lowest BCUT2D eigenvalue weighted by molar-refractivity contribution is -0.456. The zero-order valence-corrected chi connectivity index (χ0v) is 53.2. The van der Waals surface area contributed by atoms with E-state index in [0.29, 0.717) is 0 Å². The van der Waals surface area contributed by atoms with Gasteiger partial charge in [0.25, 0.3) is 11.4 Å². The van der Waals surface area contributed by atoms with E-state index in [0.717, 1.165) is 48.5 Å². The Kier molecular flexibility index (Phi) is 18.5. The number of hydrogen-bond acceptors (Lipinski definition) is 19. The SMILES string of the molecule is Cc1ccccc1C(=O)O[C@@]1(C(=O)c2ccccc2C)[C@@](O)(C(=O)c2ccccc2C)[C@](O)(C(=O)c2ccccc2C)[C@@](OC2(CO)O[C@H](CO)[C@@H](O)[C@@H]2O)(C(=O)c2ccccc2C)O[C@]1(C(=O)c1ccccc1C)C(O)(C(=O)c1ccccc1C)C(=O)c1ccccc1C. The number of carbonyl (C=O) groups is 8. The molecule has 19 nitrogen and oxygen atoms in total. The van der Waals surface area contributed by atoms with E-state index >= 15 is 53.7 Å². The Morgan fingerprint density at radius 1 is 0.421 bits per heavy atom. The molecule has 2 heterocycles. The van der Waals surface area contributed by atoms with Crippen molar-refractivity contribution >= 4 is 46.5 Å². The molecule has 95 heavy (non-hydrogen) atoms. The summed E-state index contributed by atoms with van der Waals surface area (Å²) in [5.74, 6) is -25.0. The highest BCUT2D eigenvalue weighted by Crippen LogP contribution is 2.66. The lowest BCUT2D eigenvalue weighted by atomic mass is 9.46. The summed E-state index contributed by atoms with van der Waals surface area (Å²) < 4.78 is 27.4. The monoisotopic (exact) mass is 1290 g/mol. The van der Waals surface area contributed by atoms with Crippen molar-refractivity contribution in [1.82, 2.24) is 0 Å². The molecular formula is C76H70O19. The third kappa shape index (κ3) is 10.1. The second-order valence-electron chi connectivity index (χ2n) is 24.3. The van der Waals surface area contributed by atoms with Crippen LogP contribution in [0.4, 0.5) is 0 Å². The zero-order valence-electron chi connectivity index (χ0n) is 53.2. The third-order valence-electron chi connectivity index (χ3n) is 18.6. The van der Waals surface area contributed by atoms with Crippen LogP contribution in [0.5, 0.6) is 0 Å². The number of aliphatic hydroxyl groups is 7. The van der Waals surface area contributed by atoms with Gasteiger partial charge in [0.1, 0.15) is 24.9 Å². The molecule has 9 atom stereocenters. The summed E-state index contributed by atoms with van der Waals surface area (Å²) in [7, 11) is 0. The van der Waals surface area contributed by atoms with Crippen molar-refractivity contribution in [3.8, 4) is 0 Å². The van der Waals surface area contributed by atoms with Crippen LogP contribution in [0.2, 0.25) is 0 Å².